The second-order valence-electron chi connectivity index (χ2n) is 5.81. The molecule has 0 aromatic carbocycles. The van der Waals surface area contributed by atoms with Crippen LogP contribution in [0.25, 0.3) is 0 Å². The van der Waals surface area contributed by atoms with Gasteiger partial charge in [-0.1, -0.05) is 20.8 Å². The van der Waals surface area contributed by atoms with E-state index in [2.05, 4.69) is 4.98 Å². The van der Waals surface area contributed by atoms with Gasteiger partial charge in [0.25, 0.3) is 5.91 Å². The summed E-state index contributed by atoms with van der Waals surface area (Å²) in [5, 5.41) is 11.9. The second-order valence-corrected chi connectivity index (χ2v) is 6.70. The van der Waals surface area contributed by atoms with E-state index in [1.165, 1.54) is 11.3 Å². The van der Waals surface area contributed by atoms with Gasteiger partial charge in [0, 0.05) is 24.4 Å². The maximum absolute atomic E-state index is 12.4. The summed E-state index contributed by atoms with van der Waals surface area (Å²) in [6.07, 6.45) is 0.632. The molecule has 2 heterocycles. The number of nitrogens with zero attached hydrogens (tertiary/aromatic N) is 2. The van der Waals surface area contributed by atoms with Gasteiger partial charge in [0.15, 0.2) is 0 Å². The quantitative estimate of drug-likeness (QED) is 0.930. The van der Waals surface area contributed by atoms with Crippen LogP contribution in [0, 0.1) is 11.8 Å². The molecule has 6 heteroatoms. The summed E-state index contributed by atoms with van der Waals surface area (Å²) in [7, 11) is 0. The van der Waals surface area contributed by atoms with Gasteiger partial charge in [0.2, 0.25) is 0 Å². The predicted molar refractivity (Wildman–Crippen MR) is 77.0 cm³/mol. The number of hydrogen-bond acceptors (Lipinski definition) is 4. The molecule has 0 saturated carbocycles. The van der Waals surface area contributed by atoms with E-state index in [1.807, 2.05) is 20.8 Å². The number of hydrogen-bond donors (Lipinski definition) is 1. The lowest BCUT2D eigenvalue weighted by Crippen LogP contribution is -2.45. The van der Waals surface area contributed by atoms with E-state index in [4.69, 9.17) is 5.11 Å². The number of carboxylic acid groups (broad SMARTS) is 1. The van der Waals surface area contributed by atoms with Crippen molar-refractivity contribution in [2.75, 3.05) is 13.1 Å². The van der Waals surface area contributed by atoms with Crippen LogP contribution in [0.1, 0.15) is 48.6 Å². The molecule has 0 bridgehead atoms. The van der Waals surface area contributed by atoms with Crippen molar-refractivity contribution in [3.05, 3.63) is 16.1 Å². The van der Waals surface area contributed by atoms with Gasteiger partial charge in [-0.05, 0) is 12.3 Å². The third-order valence-corrected chi connectivity index (χ3v) is 4.68. The van der Waals surface area contributed by atoms with Crippen molar-refractivity contribution in [3.63, 3.8) is 0 Å². The van der Waals surface area contributed by atoms with Crippen LogP contribution in [0.5, 0.6) is 0 Å². The molecule has 1 amide bonds. The number of amides is 1. The largest absolute Gasteiger partial charge is 0.481 e. The molecule has 5 nitrogen and oxygen atoms in total. The molecule has 20 heavy (non-hydrogen) atoms. The van der Waals surface area contributed by atoms with Gasteiger partial charge in [0.1, 0.15) is 5.69 Å². The Morgan fingerprint density at radius 3 is 2.70 bits per heavy atom. The van der Waals surface area contributed by atoms with Gasteiger partial charge in [0.05, 0.1) is 10.9 Å². The highest BCUT2D eigenvalue weighted by molar-refractivity contribution is 7.09. The second kappa shape index (κ2) is 5.91. The van der Waals surface area contributed by atoms with Gasteiger partial charge >= 0.3 is 5.97 Å². The Labute approximate surface area is 122 Å². The normalized spacial score (nSPS) is 23.1. The molecule has 1 saturated heterocycles. The minimum atomic E-state index is -0.824. The maximum atomic E-state index is 12.4. The van der Waals surface area contributed by atoms with E-state index < -0.39 is 11.9 Å². The number of aliphatic carboxylic acids is 1. The summed E-state index contributed by atoms with van der Waals surface area (Å²) < 4.78 is 0. The van der Waals surface area contributed by atoms with Crippen molar-refractivity contribution >= 4 is 23.2 Å². The molecule has 110 valence electrons. The number of carbonyl (C=O) groups is 2. The Morgan fingerprint density at radius 2 is 2.15 bits per heavy atom. The van der Waals surface area contributed by atoms with E-state index in [1.54, 1.807) is 10.3 Å². The lowest BCUT2D eigenvalue weighted by Gasteiger charge is -2.34. The zero-order valence-electron chi connectivity index (χ0n) is 12.0. The van der Waals surface area contributed by atoms with E-state index >= 15 is 0 Å². The Morgan fingerprint density at radius 1 is 1.45 bits per heavy atom. The molecule has 0 spiro atoms. The molecular weight excluding hydrogens is 276 g/mol. The van der Waals surface area contributed by atoms with Crippen LogP contribution in [0.15, 0.2) is 5.38 Å². The average Bonchev–Trinajstić information content (AvgIpc) is 2.86. The third-order valence-electron chi connectivity index (χ3n) is 3.53. The molecule has 2 unspecified atom stereocenters. The zero-order valence-corrected chi connectivity index (χ0v) is 12.8. The number of rotatable bonds is 3. The van der Waals surface area contributed by atoms with Gasteiger partial charge < -0.3 is 10.0 Å². The molecule has 0 radical (unpaired) electrons. The van der Waals surface area contributed by atoms with Gasteiger partial charge in [-0.2, -0.15) is 0 Å². The lowest BCUT2D eigenvalue weighted by molar-refractivity contribution is -0.143. The maximum Gasteiger partial charge on any atom is 0.308 e. The highest BCUT2D eigenvalue weighted by Crippen LogP contribution is 2.25. The molecule has 1 fully saturated rings. The monoisotopic (exact) mass is 296 g/mol. The summed E-state index contributed by atoms with van der Waals surface area (Å²) in [4.78, 5) is 29.6. The van der Waals surface area contributed by atoms with Crippen LogP contribution in [0.2, 0.25) is 0 Å². The predicted octanol–water partition coefficient (Wildman–Crippen LogP) is 2.45. The van der Waals surface area contributed by atoms with Crippen LogP contribution in [-0.4, -0.2) is 40.0 Å². The number of carbonyl (C=O) groups excluding carboxylic acids is 1. The van der Waals surface area contributed by atoms with Crippen LogP contribution < -0.4 is 0 Å². The van der Waals surface area contributed by atoms with E-state index in [0.29, 0.717) is 24.6 Å². The van der Waals surface area contributed by atoms with Crippen LogP contribution in [0.4, 0.5) is 0 Å². The summed E-state index contributed by atoms with van der Waals surface area (Å²) in [6, 6.07) is 0. The summed E-state index contributed by atoms with van der Waals surface area (Å²) >= 11 is 1.48. The number of thiazole rings is 1. The first kappa shape index (κ1) is 15.0. The Balaban J connectivity index is 2.12. The molecule has 1 aliphatic rings. The lowest BCUT2D eigenvalue weighted by atomic mass is 9.90. The smallest absolute Gasteiger partial charge is 0.308 e. The number of carboxylic acids is 1. The average molecular weight is 296 g/mol. The topological polar surface area (TPSA) is 70.5 Å². The highest BCUT2D eigenvalue weighted by Gasteiger charge is 2.33. The fraction of sp³-hybridized carbons (Fsp3) is 0.643. The van der Waals surface area contributed by atoms with Crippen molar-refractivity contribution in [1.82, 2.24) is 9.88 Å². The number of aromatic nitrogens is 1. The van der Waals surface area contributed by atoms with Crippen LogP contribution in [0.3, 0.4) is 0 Å². The third kappa shape index (κ3) is 3.17. The van der Waals surface area contributed by atoms with Gasteiger partial charge in [-0.25, -0.2) is 4.98 Å². The fourth-order valence-electron chi connectivity index (χ4n) is 2.51. The molecule has 1 aromatic rings. The summed E-state index contributed by atoms with van der Waals surface area (Å²) in [5.41, 5.74) is 0.442. The Kier molecular flexibility index (Phi) is 4.42. The Hall–Kier alpha value is -1.43. The van der Waals surface area contributed by atoms with Gasteiger partial charge in [-0.15, -0.1) is 11.3 Å². The van der Waals surface area contributed by atoms with Crippen molar-refractivity contribution in [2.45, 2.75) is 33.1 Å². The van der Waals surface area contributed by atoms with Crippen molar-refractivity contribution in [1.29, 1.82) is 0 Å². The van der Waals surface area contributed by atoms with E-state index in [0.717, 1.165) is 5.01 Å². The minimum Gasteiger partial charge on any atom is -0.481 e. The SMILES string of the molecule is CC1CC(C(=O)O)CN(C(=O)c2csc(C(C)C)n2)C1. The number of likely N-dealkylation sites (tertiary alicyclic amines) is 1. The fourth-order valence-corrected chi connectivity index (χ4v) is 3.32. The Bertz CT molecular complexity index is 512. The molecule has 1 N–H and O–H groups in total. The zero-order chi connectivity index (χ0) is 14.9. The summed E-state index contributed by atoms with van der Waals surface area (Å²) in [5.74, 6) is -0.932. The summed E-state index contributed by atoms with van der Waals surface area (Å²) in [6.45, 7) is 6.95. The van der Waals surface area contributed by atoms with Gasteiger partial charge in [-0.3, -0.25) is 9.59 Å². The molecule has 1 aliphatic heterocycles. The highest BCUT2D eigenvalue weighted by atomic mass is 32.1. The van der Waals surface area contributed by atoms with Crippen molar-refractivity contribution < 1.29 is 14.7 Å². The minimum absolute atomic E-state index is 0.147. The van der Waals surface area contributed by atoms with E-state index in [-0.39, 0.29) is 18.4 Å². The van der Waals surface area contributed by atoms with Crippen LogP contribution in [-0.2, 0) is 4.79 Å². The molecule has 2 atom stereocenters. The van der Waals surface area contributed by atoms with Crippen molar-refractivity contribution in [2.24, 2.45) is 11.8 Å². The molecular formula is C14H20N2O3S. The first-order chi connectivity index (χ1) is 9.38. The first-order valence-electron chi connectivity index (χ1n) is 6.86. The van der Waals surface area contributed by atoms with E-state index in [9.17, 15) is 9.59 Å². The van der Waals surface area contributed by atoms with Crippen LogP contribution >= 0.6 is 11.3 Å². The standard InChI is InChI=1S/C14H20N2O3S/c1-8(2)12-15-11(7-20-12)13(17)16-5-9(3)4-10(6-16)14(18)19/h7-10H,4-6H2,1-3H3,(H,18,19). The molecule has 1 aromatic heterocycles. The first-order valence-corrected chi connectivity index (χ1v) is 7.74. The van der Waals surface area contributed by atoms with Crippen molar-refractivity contribution in [3.8, 4) is 0 Å². The number of piperidine rings is 1. The molecule has 2 rings (SSSR count). The molecule has 0 aliphatic carbocycles.